The van der Waals surface area contributed by atoms with Crippen LogP contribution in [0.15, 0.2) is 34.2 Å². The van der Waals surface area contributed by atoms with E-state index in [0.717, 1.165) is 28.6 Å². The fraction of sp³-hybridized carbons (Fsp3) is 0.231. The lowest BCUT2D eigenvalue weighted by Gasteiger charge is -2.05. The van der Waals surface area contributed by atoms with Crippen molar-refractivity contribution < 1.29 is 0 Å². The van der Waals surface area contributed by atoms with Gasteiger partial charge in [0.15, 0.2) is 0 Å². The Morgan fingerprint density at radius 2 is 1.63 bits per heavy atom. The minimum Gasteiger partial charge on any atom is -0.226 e. The molecule has 1 heterocycles. The Bertz CT molecular complexity index is 609. The molecule has 0 atom stereocenters. The van der Waals surface area contributed by atoms with Crippen LogP contribution in [0, 0.1) is 0 Å². The second-order valence-corrected chi connectivity index (χ2v) is 6.72. The van der Waals surface area contributed by atoms with E-state index in [2.05, 4.69) is 9.97 Å². The fourth-order valence-electron chi connectivity index (χ4n) is 1.70. The lowest BCUT2D eigenvalue weighted by Crippen LogP contribution is -1.94. The molecule has 0 unspecified atom stereocenters. The van der Waals surface area contributed by atoms with E-state index in [9.17, 15) is 0 Å². The molecule has 1 aliphatic carbocycles. The Morgan fingerprint density at radius 3 is 2.26 bits per heavy atom. The SMILES string of the molecule is Clc1cc(Cl)cc(Sc2cc(Cl)nc(C3CC3)n2)c1. The largest absolute Gasteiger partial charge is 0.226 e. The van der Waals surface area contributed by atoms with Crippen molar-refractivity contribution in [3.05, 3.63) is 45.3 Å². The van der Waals surface area contributed by atoms with Gasteiger partial charge in [-0.2, -0.15) is 0 Å². The highest BCUT2D eigenvalue weighted by atomic mass is 35.5. The summed E-state index contributed by atoms with van der Waals surface area (Å²) in [5, 5.41) is 2.52. The van der Waals surface area contributed by atoms with E-state index in [1.54, 1.807) is 12.1 Å². The molecule has 1 aromatic carbocycles. The van der Waals surface area contributed by atoms with Crippen molar-refractivity contribution in [2.24, 2.45) is 0 Å². The first-order chi connectivity index (χ1) is 9.10. The van der Waals surface area contributed by atoms with E-state index in [1.807, 2.05) is 12.1 Å². The fourth-order valence-corrected chi connectivity index (χ4v) is 3.53. The lowest BCUT2D eigenvalue weighted by molar-refractivity contribution is 0.878. The minimum absolute atomic E-state index is 0.473. The highest BCUT2D eigenvalue weighted by Gasteiger charge is 2.27. The Kier molecular flexibility index (Phi) is 3.90. The first kappa shape index (κ1) is 13.5. The first-order valence-electron chi connectivity index (χ1n) is 5.78. The molecule has 2 aromatic rings. The van der Waals surface area contributed by atoms with E-state index in [4.69, 9.17) is 34.8 Å². The normalized spacial score (nSPS) is 14.7. The van der Waals surface area contributed by atoms with Gasteiger partial charge in [0.2, 0.25) is 0 Å². The monoisotopic (exact) mass is 330 g/mol. The molecule has 2 nitrogen and oxygen atoms in total. The van der Waals surface area contributed by atoms with Crippen molar-refractivity contribution in [1.82, 2.24) is 9.97 Å². The Morgan fingerprint density at radius 1 is 0.947 bits per heavy atom. The van der Waals surface area contributed by atoms with Crippen molar-refractivity contribution in [3.63, 3.8) is 0 Å². The van der Waals surface area contributed by atoms with Gasteiger partial charge < -0.3 is 0 Å². The summed E-state index contributed by atoms with van der Waals surface area (Å²) in [6.45, 7) is 0. The van der Waals surface area contributed by atoms with Crippen molar-refractivity contribution in [1.29, 1.82) is 0 Å². The Hall–Kier alpha value is -0.480. The number of rotatable bonds is 3. The van der Waals surface area contributed by atoms with E-state index < -0.39 is 0 Å². The molecule has 19 heavy (non-hydrogen) atoms. The summed E-state index contributed by atoms with van der Waals surface area (Å²) < 4.78 is 0. The van der Waals surface area contributed by atoms with Gasteiger partial charge in [0, 0.05) is 26.9 Å². The quantitative estimate of drug-likeness (QED) is 0.698. The molecule has 0 N–H and O–H groups in total. The smallest absolute Gasteiger partial charge is 0.134 e. The van der Waals surface area contributed by atoms with Crippen LogP contribution >= 0.6 is 46.6 Å². The highest BCUT2D eigenvalue weighted by molar-refractivity contribution is 7.99. The number of halogens is 3. The zero-order valence-corrected chi connectivity index (χ0v) is 12.8. The van der Waals surface area contributed by atoms with Gasteiger partial charge in [-0.15, -0.1) is 0 Å². The molecule has 0 amide bonds. The molecule has 1 aromatic heterocycles. The number of benzene rings is 1. The van der Waals surface area contributed by atoms with Crippen LogP contribution in [-0.2, 0) is 0 Å². The van der Waals surface area contributed by atoms with Crippen LogP contribution < -0.4 is 0 Å². The molecular formula is C13H9Cl3N2S. The van der Waals surface area contributed by atoms with Gasteiger partial charge in [0.25, 0.3) is 0 Å². The third-order valence-corrected chi connectivity index (χ3v) is 4.21. The number of aromatic nitrogens is 2. The van der Waals surface area contributed by atoms with Crippen LogP contribution in [-0.4, -0.2) is 9.97 Å². The van der Waals surface area contributed by atoms with Crippen LogP contribution in [0.3, 0.4) is 0 Å². The van der Waals surface area contributed by atoms with Crippen LogP contribution in [0.2, 0.25) is 15.2 Å². The second-order valence-electron chi connectivity index (χ2n) is 4.37. The van der Waals surface area contributed by atoms with Crippen molar-refractivity contribution in [3.8, 4) is 0 Å². The summed E-state index contributed by atoms with van der Waals surface area (Å²) in [5.74, 6) is 1.31. The summed E-state index contributed by atoms with van der Waals surface area (Å²) in [4.78, 5) is 9.73. The van der Waals surface area contributed by atoms with Crippen LogP contribution in [0.4, 0.5) is 0 Å². The third-order valence-electron chi connectivity index (χ3n) is 2.69. The van der Waals surface area contributed by atoms with Crippen LogP contribution in [0.5, 0.6) is 0 Å². The zero-order chi connectivity index (χ0) is 13.4. The molecule has 1 saturated carbocycles. The van der Waals surface area contributed by atoms with Gasteiger partial charge in [-0.25, -0.2) is 9.97 Å². The molecule has 3 rings (SSSR count). The predicted molar refractivity (Wildman–Crippen MR) is 79.6 cm³/mol. The summed E-state index contributed by atoms with van der Waals surface area (Å²) >= 11 is 19.5. The molecule has 0 saturated heterocycles. The number of nitrogens with zero attached hydrogens (tertiary/aromatic N) is 2. The maximum Gasteiger partial charge on any atom is 0.134 e. The molecule has 98 valence electrons. The third kappa shape index (κ3) is 3.54. The van der Waals surface area contributed by atoms with Gasteiger partial charge in [-0.3, -0.25) is 0 Å². The van der Waals surface area contributed by atoms with Crippen molar-refractivity contribution in [2.75, 3.05) is 0 Å². The van der Waals surface area contributed by atoms with E-state index in [-0.39, 0.29) is 0 Å². The standard InChI is InChI=1S/C13H9Cl3N2S/c14-8-3-9(15)5-10(4-8)19-12-6-11(16)17-13(18-12)7-1-2-7/h3-7H,1-2H2. The topological polar surface area (TPSA) is 25.8 Å². The maximum absolute atomic E-state index is 6.03. The summed E-state index contributed by atoms with van der Waals surface area (Å²) in [6, 6.07) is 7.17. The summed E-state index contributed by atoms with van der Waals surface area (Å²) in [5.41, 5.74) is 0. The van der Waals surface area contributed by atoms with Gasteiger partial charge in [-0.05, 0) is 31.0 Å². The van der Waals surface area contributed by atoms with Gasteiger partial charge in [0.1, 0.15) is 16.0 Å². The van der Waals surface area contributed by atoms with E-state index in [1.165, 1.54) is 11.8 Å². The van der Waals surface area contributed by atoms with Gasteiger partial charge in [0.05, 0.1) is 0 Å². The average molecular weight is 332 g/mol. The minimum atomic E-state index is 0.473. The molecular weight excluding hydrogens is 323 g/mol. The lowest BCUT2D eigenvalue weighted by atomic mass is 10.4. The molecule has 0 radical (unpaired) electrons. The van der Waals surface area contributed by atoms with Gasteiger partial charge >= 0.3 is 0 Å². The molecule has 1 aliphatic rings. The summed E-state index contributed by atoms with van der Waals surface area (Å²) in [7, 11) is 0. The maximum atomic E-state index is 6.03. The first-order valence-corrected chi connectivity index (χ1v) is 7.73. The van der Waals surface area contributed by atoms with Crippen molar-refractivity contribution >= 4 is 46.6 Å². The molecule has 0 bridgehead atoms. The highest BCUT2D eigenvalue weighted by Crippen LogP contribution is 2.40. The Balaban J connectivity index is 1.89. The molecule has 0 aliphatic heterocycles. The zero-order valence-electron chi connectivity index (χ0n) is 9.74. The second kappa shape index (κ2) is 5.49. The Labute approximate surface area is 130 Å². The van der Waals surface area contributed by atoms with E-state index in [0.29, 0.717) is 21.1 Å². The predicted octanol–water partition coefficient (Wildman–Crippen LogP) is 5.47. The van der Waals surface area contributed by atoms with Gasteiger partial charge in [-0.1, -0.05) is 46.6 Å². The molecule has 0 spiro atoms. The molecule has 6 heteroatoms. The number of hydrogen-bond donors (Lipinski definition) is 0. The van der Waals surface area contributed by atoms with E-state index >= 15 is 0 Å². The number of hydrogen-bond acceptors (Lipinski definition) is 3. The summed E-state index contributed by atoms with van der Waals surface area (Å²) in [6.07, 6.45) is 2.29. The van der Waals surface area contributed by atoms with Crippen LogP contribution in [0.25, 0.3) is 0 Å². The molecule has 1 fully saturated rings. The average Bonchev–Trinajstić information content (AvgIpc) is 3.09. The van der Waals surface area contributed by atoms with Crippen molar-refractivity contribution in [2.45, 2.75) is 28.7 Å². The van der Waals surface area contributed by atoms with Crippen LogP contribution in [0.1, 0.15) is 24.6 Å².